The predicted octanol–water partition coefficient (Wildman–Crippen LogP) is 1.68. The smallest absolute Gasteiger partial charge is 0.107 e. The van der Waals surface area contributed by atoms with Gasteiger partial charge in [0.2, 0.25) is 0 Å². The number of rotatable bonds is 4. The molecule has 0 atom stereocenters. The molecule has 0 unspecified atom stereocenters. The minimum absolute atomic E-state index is 0.774. The number of thiazole rings is 1. The molecule has 5 heteroatoms. The molecule has 2 rings (SSSR count). The lowest BCUT2D eigenvalue weighted by atomic mass is 10.1. The minimum Gasteiger partial charge on any atom is -0.385 e. The molecule has 1 aliphatic rings. The van der Waals surface area contributed by atoms with E-state index in [-0.39, 0.29) is 0 Å². The van der Waals surface area contributed by atoms with Crippen molar-refractivity contribution in [2.24, 2.45) is 0 Å². The lowest BCUT2D eigenvalue weighted by Crippen LogP contribution is -2.43. The van der Waals surface area contributed by atoms with Crippen molar-refractivity contribution in [1.29, 1.82) is 0 Å². The fourth-order valence-electron chi connectivity index (χ4n) is 2.38. The summed E-state index contributed by atoms with van der Waals surface area (Å²) in [5.41, 5.74) is 0.283. The molecule has 0 radical (unpaired) electrons. The third-order valence-corrected chi connectivity index (χ3v) is 4.98. The summed E-state index contributed by atoms with van der Waals surface area (Å²) < 4.78 is 0. The number of hydrogen-bond acceptors (Lipinski definition) is 5. The average Bonchev–Trinajstić information content (AvgIpc) is 2.75. The normalized spacial score (nSPS) is 19.0. The van der Waals surface area contributed by atoms with Crippen LogP contribution in [0.1, 0.15) is 36.3 Å². The Hall–Kier alpha value is -0.490. The van der Waals surface area contributed by atoms with E-state index in [1.165, 1.54) is 0 Å². The van der Waals surface area contributed by atoms with Gasteiger partial charge in [-0.25, -0.2) is 4.98 Å². The number of hydrogen-bond donors (Lipinski definition) is 1. The standard InChI is InChI=1S/C14H25N3OS/c1-5-11-13(14(2,3)18)19-12(15-11)10-17-8-6-16(4)7-9-17/h18H,5-10H2,1-4H3. The van der Waals surface area contributed by atoms with Crippen LogP contribution in [0.25, 0.3) is 0 Å². The van der Waals surface area contributed by atoms with Crippen LogP contribution in [0.2, 0.25) is 0 Å². The van der Waals surface area contributed by atoms with E-state index >= 15 is 0 Å². The van der Waals surface area contributed by atoms with Gasteiger partial charge in [-0.1, -0.05) is 6.92 Å². The molecule has 0 bridgehead atoms. The van der Waals surface area contributed by atoms with Gasteiger partial charge in [-0.05, 0) is 27.3 Å². The molecule has 0 aromatic carbocycles. The van der Waals surface area contributed by atoms with Crippen LogP contribution in [0.4, 0.5) is 0 Å². The maximum atomic E-state index is 10.2. The Bertz CT molecular complexity index is 417. The van der Waals surface area contributed by atoms with Gasteiger partial charge in [-0.2, -0.15) is 0 Å². The molecular weight excluding hydrogens is 258 g/mol. The number of aliphatic hydroxyl groups is 1. The van der Waals surface area contributed by atoms with Gasteiger partial charge in [0.1, 0.15) is 5.01 Å². The summed E-state index contributed by atoms with van der Waals surface area (Å²) in [7, 11) is 2.17. The molecule has 0 saturated carbocycles. The van der Waals surface area contributed by atoms with Crippen LogP contribution in [0, 0.1) is 0 Å². The Morgan fingerprint density at radius 3 is 2.37 bits per heavy atom. The second-order valence-electron chi connectivity index (χ2n) is 5.88. The Morgan fingerprint density at radius 2 is 1.89 bits per heavy atom. The van der Waals surface area contributed by atoms with Gasteiger partial charge in [-0.3, -0.25) is 4.90 Å². The molecular formula is C14H25N3OS. The zero-order valence-corrected chi connectivity index (χ0v) is 13.3. The molecule has 4 nitrogen and oxygen atoms in total. The zero-order chi connectivity index (χ0) is 14.0. The van der Waals surface area contributed by atoms with Crippen LogP contribution in [-0.2, 0) is 18.6 Å². The van der Waals surface area contributed by atoms with Crippen molar-refractivity contribution in [1.82, 2.24) is 14.8 Å². The minimum atomic E-state index is -0.774. The van der Waals surface area contributed by atoms with Crippen molar-refractivity contribution < 1.29 is 5.11 Å². The summed E-state index contributed by atoms with van der Waals surface area (Å²) in [6, 6.07) is 0. The van der Waals surface area contributed by atoms with Crippen molar-refractivity contribution in [3.05, 3.63) is 15.6 Å². The third kappa shape index (κ3) is 3.75. The summed E-state index contributed by atoms with van der Waals surface area (Å²) in [6.07, 6.45) is 0.887. The molecule has 0 spiro atoms. The maximum Gasteiger partial charge on any atom is 0.107 e. The third-order valence-electron chi connectivity index (χ3n) is 3.59. The number of piperazine rings is 1. The first kappa shape index (κ1) is 14.9. The van der Waals surface area contributed by atoms with Crippen LogP contribution in [0.15, 0.2) is 0 Å². The molecule has 108 valence electrons. The zero-order valence-electron chi connectivity index (χ0n) is 12.4. The topological polar surface area (TPSA) is 39.6 Å². The average molecular weight is 283 g/mol. The Balaban J connectivity index is 2.07. The Morgan fingerprint density at radius 1 is 1.26 bits per heavy atom. The molecule has 1 aromatic rings. The highest BCUT2D eigenvalue weighted by Gasteiger charge is 2.25. The summed E-state index contributed by atoms with van der Waals surface area (Å²) in [4.78, 5) is 10.5. The monoisotopic (exact) mass is 283 g/mol. The highest BCUT2D eigenvalue weighted by molar-refractivity contribution is 7.11. The fraction of sp³-hybridized carbons (Fsp3) is 0.786. The number of likely N-dealkylation sites (N-methyl/N-ethyl adjacent to an activating group) is 1. The molecule has 1 fully saturated rings. The van der Waals surface area contributed by atoms with Crippen LogP contribution < -0.4 is 0 Å². The van der Waals surface area contributed by atoms with E-state index in [9.17, 15) is 5.11 Å². The molecule has 0 amide bonds. The highest BCUT2D eigenvalue weighted by Crippen LogP contribution is 2.30. The van der Waals surface area contributed by atoms with Gasteiger partial charge >= 0.3 is 0 Å². The van der Waals surface area contributed by atoms with E-state index in [1.54, 1.807) is 11.3 Å². The van der Waals surface area contributed by atoms with Crippen molar-refractivity contribution in [3.63, 3.8) is 0 Å². The first-order chi connectivity index (χ1) is 8.90. The van der Waals surface area contributed by atoms with Crippen LogP contribution in [-0.4, -0.2) is 53.1 Å². The summed E-state index contributed by atoms with van der Waals surface area (Å²) in [5.74, 6) is 0. The highest BCUT2D eigenvalue weighted by atomic mass is 32.1. The van der Waals surface area contributed by atoms with E-state index < -0.39 is 5.60 Å². The summed E-state index contributed by atoms with van der Waals surface area (Å²) >= 11 is 1.67. The first-order valence-corrected chi connectivity index (χ1v) is 7.84. The van der Waals surface area contributed by atoms with Crippen LogP contribution >= 0.6 is 11.3 Å². The number of aromatic nitrogens is 1. The van der Waals surface area contributed by atoms with E-state index in [1.807, 2.05) is 13.8 Å². The predicted molar refractivity (Wildman–Crippen MR) is 79.5 cm³/mol. The van der Waals surface area contributed by atoms with Gasteiger partial charge in [0, 0.05) is 26.2 Å². The van der Waals surface area contributed by atoms with Gasteiger partial charge in [-0.15, -0.1) is 11.3 Å². The molecule has 0 aliphatic carbocycles. The number of aryl methyl sites for hydroxylation is 1. The molecule has 1 N–H and O–H groups in total. The Kier molecular flexibility index (Phi) is 4.61. The van der Waals surface area contributed by atoms with Gasteiger partial charge < -0.3 is 10.0 Å². The van der Waals surface area contributed by atoms with E-state index in [0.29, 0.717) is 0 Å². The van der Waals surface area contributed by atoms with Gasteiger partial charge in [0.15, 0.2) is 0 Å². The lowest BCUT2D eigenvalue weighted by molar-refractivity contribution is 0.0814. The van der Waals surface area contributed by atoms with Gasteiger partial charge in [0.05, 0.1) is 22.7 Å². The first-order valence-electron chi connectivity index (χ1n) is 7.02. The van der Waals surface area contributed by atoms with Crippen LogP contribution in [0.3, 0.4) is 0 Å². The second kappa shape index (κ2) is 5.87. The van der Waals surface area contributed by atoms with Crippen molar-refractivity contribution in [2.45, 2.75) is 39.3 Å². The van der Waals surface area contributed by atoms with E-state index in [4.69, 9.17) is 4.98 Å². The number of nitrogens with zero attached hydrogens (tertiary/aromatic N) is 3. The summed E-state index contributed by atoms with van der Waals surface area (Å²) in [6.45, 7) is 11.2. The second-order valence-corrected chi connectivity index (χ2v) is 6.96. The summed E-state index contributed by atoms with van der Waals surface area (Å²) in [5, 5.41) is 11.3. The van der Waals surface area contributed by atoms with Crippen LogP contribution in [0.5, 0.6) is 0 Å². The lowest BCUT2D eigenvalue weighted by Gasteiger charge is -2.31. The maximum absolute atomic E-state index is 10.2. The largest absolute Gasteiger partial charge is 0.385 e. The van der Waals surface area contributed by atoms with Crippen molar-refractivity contribution >= 4 is 11.3 Å². The van der Waals surface area contributed by atoms with Crippen molar-refractivity contribution in [3.8, 4) is 0 Å². The SMILES string of the molecule is CCc1nc(CN2CCN(C)CC2)sc1C(C)(C)O. The van der Waals surface area contributed by atoms with Crippen molar-refractivity contribution in [2.75, 3.05) is 33.2 Å². The van der Waals surface area contributed by atoms with E-state index in [2.05, 4.69) is 23.8 Å². The Labute approximate surface area is 120 Å². The fourth-order valence-corrected chi connectivity index (χ4v) is 3.58. The quantitative estimate of drug-likeness (QED) is 0.912. The molecule has 1 aromatic heterocycles. The molecule has 19 heavy (non-hydrogen) atoms. The molecule has 1 aliphatic heterocycles. The molecule has 1 saturated heterocycles. The van der Waals surface area contributed by atoms with Gasteiger partial charge in [0.25, 0.3) is 0 Å². The molecule has 2 heterocycles. The van der Waals surface area contributed by atoms with E-state index in [0.717, 1.165) is 54.7 Å².